The van der Waals surface area contributed by atoms with E-state index in [1.165, 1.54) is 0 Å². The minimum absolute atomic E-state index is 0.00454. The van der Waals surface area contributed by atoms with Crippen LogP contribution in [-0.4, -0.2) is 14.5 Å². The first-order valence-corrected chi connectivity index (χ1v) is 3.40. The van der Waals surface area contributed by atoms with Gasteiger partial charge in [0, 0.05) is 6.42 Å². The van der Waals surface area contributed by atoms with Gasteiger partial charge in [0.2, 0.25) is 0 Å². The molecule has 0 aliphatic carbocycles. The summed E-state index contributed by atoms with van der Waals surface area (Å²) in [6.07, 6.45) is 0.230. The first kappa shape index (κ1) is 8.36. The van der Waals surface area contributed by atoms with E-state index in [9.17, 15) is 4.79 Å². The summed E-state index contributed by atoms with van der Waals surface area (Å²) < 4.78 is -0.00454. The molecular weight excluding hydrogens is 219 g/mol. The van der Waals surface area contributed by atoms with Crippen molar-refractivity contribution in [2.75, 3.05) is 0 Å². The SMILES string of the molecule is CC(C)(O)CC(=O)I. The zero-order valence-electron chi connectivity index (χ0n) is 4.94. The average molecular weight is 228 g/mol. The number of carbonyl (C=O) groups is 1. The van der Waals surface area contributed by atoms with Crippen LogP contribution in [0.25, 0.3) is 0 Å². The van der Waals surface area contributed by atoms with Gasteiger partial charge in [-0.3, -0.25) is 4.79 Å². The smallest absolute Gasteiger partial charge is 0.195 e. The number of halogens is 1. The second-order valence-corrected chi connectivity index (χ2v) is 3.55. The summed E-state index contributed by atoms with van der Waals surface area (Å²) in [5, 5.41) is 8.96. The van der Waals surface area contributed by atoms with Crippen LogP contribution >= 0.6 is 22.6 Å². The molecule has 2 nitrogen and oxygen atoms in total. The Hall–Kier alpha value is 0.360. The van der Waals surface area contributed by atoms with Crippen LogP contribution in [0.5, 0.6) is 0 Å². The third-order valence-corrected chi connectivity index (χ3v) is 0.953. The van der Waals surface area contributed by atoms with Crippen molar-refractivity contribution in [2.45, 2.75) is 25.9 Å². The summed E-state index contributed by atoms with van der Waals surface area (Å²) >= 11 is 1.67. The van der Waals surface area contributed by atoms with E-state index in [0.717, 1.165) is 0 Å². The van der Waals surface area contributed by atoms with Crippen molar-refractivity contribution in [1.29, 1.82) is 0 Å². The standard InChI is InChI=1S/C5H9IO2/c1-5(2,8)3-4(6)7/h8H,3H2,1-2H3. The molecule has 0 rings (SSSR count). The molecule has 0 aromatic carbocycles. The maximum atomic E-state index is 10.3. The lowest BCUT2D eigenvalue weighted by molar-refractivity contribution is -0.112. The number of hydrogen-bond donors (Lipinski definition) is 1. The Morgan fingerprint density at radius 2 is 2.12 bits per heavy atom. The van der Waals surface area contributed by atoms with Crippen molar-refractivity contribution >= 4 is 26.4 Å². The van der Waals surface area contributed by atoms with Crippen molar-refractivity contribution in [2.24, 2.45) is 0 Å². The molecule has 0 unspecified atom stereocenters. The predicted octanol–water partition coefficient (Wildman–Crippen LogP) is 1.11. The third-order valence-electron chi connectivity index (χ3n) is 0.572. The molecule has 0 saturated carbocycles. The fourth-order valence-electron chi connectivity index (χ4n) is 0.340. The molecule has 0 amide bonds. The highest BCUT2D eigenvalue weighted by atomic mass is 127. The van der Waals surface area contributed by atoms with E-state index in [1.807, 2.05) is 0 Å². The van der Waals surface area contributed by atoms with E-state index in [2.05, 4.69) is 0 Å². The van der Waals surface area contributed by atoms with Crippen LogP contribution in [0, 0.1) is 0 Å². The summed E-state index contributed by atoms with van der Waals surface area (Å²) in [5.74, 6) is 0. The molecule has 1 N–H and O–H groups in total. The Balaban J connectivity index is 3.55. The van der Waals surface area contributed by atoms with Crippen molar-refractivity contribution < 1.29 is 9.90 Å². The Bertz CT molecular complexity index is 93.1. The Morgan fingerprint density at radius 3 is 2.12 bits per heavy atom. The summed E-state index contributed by atoms with van der Waals surface area (Å²) in [6, 6.07) is 0. The van der Waals surface area contributed by atoms with Crippen molar-refractivity contribution in [3.05, 3.63) is 0 Å². The minimum Gasteiger partial charge on any atom is -0.390 e. The van der Waals surface area contributed by atoms with Crippen LogP contribution in [0.1, 0.15) is 20.3 Å². The maximum Gasteiger partial charge on any atom is 0.195 e. The molecule has 48 valence electrons. The molecule has 0 heterocycles. The molecule has 3 heteroatoms. The molecule has 0 aliphatic heterocycles. The molecule has 0 bridgehead atoms. The van der Waals surface area contributed by atoms with Gasteiger partial charge >= 0.3 is 0 Å². The monoisotopic (exact) mass is 228 g/mol. The molecule has 0 saturated heterocycles. The van der Waals surface area contributed by atoms with E-state index >= 15 is 0 Å². The zero-order chi connectivity index (χ0) is 6.78. The Morgan fingerprint density at radius 1 is 1.75 bits per heavy atom. The zero-order valence-corrected chi connectivity index (χ0v) is 7.10. The molecular formula is C5H9IO2. The van der Waals surface area contributed by atoms with Crippen molar-refractivity contribution in [1.82, 2.24) is 0 Å². The average Bonchev–Trinajstić information content (AvgIpc) is 1.21. The number of aliphatic hydroxyl groups is 1. The number of rotatable bonds is 2. The number of carbonyl (C=O) groups excluding carboxylic acids is 1. The Kier molecular flexibility index (Phi) is 2.90. The maximum absolute atomic E-state index is 10.3. The summed E-state index contributed by atoms with van der Waals surface area (Å²) in [4.78, 5) is 10.3. The minimum atomic E-state index is -0.835. The van der Waals surface area contributed by atoms with E-state index in [1.54, 1.807) is 36.4 Å². The van der Waals surface area contributed by atoms with E-state index in [4.69, 9.17) is 5.11 Å². The highest BCUT2D eigenvalue weighted by Crippen LogP contribution is 2.09. The van der Waals surface area contributed by atoms with Gasteiger partial charge in [0.1, 0.15) is 0 Å². The molecule has 0 atom stereocenters. The first-order valence-electron chi connectivity index (χ1n) is 2.32. The van der Waals surface area contributed by atoms with Gasteiger partial charge in [0.05, 0.1) is 5.60 Å². The highest BCUT2D eigenvalue weighted by molar-refractivity contribution is 14.1. The van der Waals surface area contributed by atoms with Gasteiger partial charge in [-0.15, -0.1) is 0 Å². The van der Waals surface area contributed by atoms with Crippen LogP contribution in [0.3, 0.4) is 0 Å². The fourth-order valence-corrected chi connectivity index (χ4v) is 1.27. The molecule has 0 spiro atoms. The summed E-state index contributed by atoms with van der Waals surface area (Å²) in [5.41, 5.74) is -0.835. The first-order chi connectivity index (χ1) is 3.42. The van der Waals surface area contributed by atoms with Crippen molar-refractivity contribution in [3.63, 3.8) is 0 Å². The normalized spacial score (nSPS) is 11.5. The lowest BCUT2D eigenvalue weighted by atomic mass is 10.1. The second kappa shape index (κ2) is 2.77. The fraction of sp³-hybridized carbons (Fsp3) is 0.800. The van der Waals surface area contributed by atoms with Gasteiger partial charge in [0.15, 0.2) is 3.79 Å². The predicted molar refractivity (Wildman–Crippen MR) is 39.9 cm³/mol. The van der Waals surface area contributed by atoms with E-state index in [-0.39, 0.29) is 10.2 Å². The van der Waals surface area contributed by atoms with Gasteiger partial charge in [0.25, 0.3) is 0 Å². The highest BCUT2D eigenvalue weighted by Gasteiger charge is 2.15. The van der Waals surface area contributed by atoms with Crippen molar-refractivity contribution in [3.8, 4) is 0 Å². The van der Waals surface area contributed by atoms with Crippen LogP contribution in [0.2, 0.25) is 0 Å². The van der Waals surface area contributed by atoms with Gasteiger partial charge in [-0.05, 0) is 36.4 Å². The van der Waals surface area contributed by atoms with Gasteiger partial charge in [-0.1, -0.05) is 0 Å². The second-order valence-electron chi connectivity index (χ2n) is 2.34. The lowest BCUT2D eigenvalue weighted by Gasteiger charge is -2.12. The summed E-state index contributed by atoms with van der Waals surface area (Å²) in [7, 11) is 0. The molecule has 0 radical (unpaired) electrons. The number of hydrogen-bond acceptors (Lipinski definition) is 2. The molecule has 0 aliphatic rings. The molecule has 0 aromatic heterocycles. The Labute approximate surface area is 62.4 Å². The topological polar surface area (TPSA) is 37.3 Å². The van der Waals surface area contributed by atoms with Crippen LogP contribution < -0.4 is 0 Å². The van der Waals surface area contributed by atoms with Crippen LogP contribution in [0.15, 0.2) is 0 Å². The third kappa shape index (κ3) is 6.36. The molecule has 0 aromatic rings. The van der Waals surface area contributed by atoms with Gasteiger partial charge in [-0.25, -0.2) is 0 Å². The van der Waals surface area contributed by atoms with Gasteiger partial charge < -0.3 is 5.11 Å². The van der Waals surface area contributed by atoms with E-state index < -0.39 is 5.60 Å². The molecule has 0 fully saturated rings. The van der Waals surface area contributed by atoms with Crippen LogP contribution in [0.4, 0.5) is 0 Å². The summed E-state index contributed by atoms with van der Waals surface area (Å²) in [6.45, 7) is 3.23. The largest absolute Gasteiger partial charge is 0.390 e. The van der Waals surface area contributed by atoms with Crippen LogP contribution in [-0.2, 0) is 4.79 Å². The van der Waals surface area contributed by atoms with Gasteiger partial charge in [-0.2, -0.15) is 0 Å². The lowest BCUT2D eigenvalue weighted by Crippen LogP contribution is -2.20. The van der Waals surface area contributed by atoms with E-state index in [0.29, 0.717) is 0 Å². The molecule has 8 heavy (non-hydrogen) atoms. The quantitative estimate of drug-likeness (QED) is 0.567.